The van der Waals surface area contributed by atoms with Crippen LogP contribution < -0.4 is 4.90 Å². The minimum absolute atomic E-state index is 0.710. The molecule has 9 nitrogen and oxygen atoms in total. The Hall–Kier alpha value is -2.01. The van der Waals surface area contributed by atoms with Crippen LogP contribution in [0.3, 0.4) is 0 Å². The fourth-order valence-corrected chi connectivity index (χ4v) is 3.86. The van der Waals surface area contributed by atoms with Crippen molar-refractivity contribution in [1.29, 1.82) is 0 Å². The molecular formula is C16H22N6O3S. The Morgan fingerprint density at radius 1 is 1.12 bits per heavy atom. The molecule has 4 heterocycles. The van der Waals surface area contributed by atoms with E-state index in [4.69, 9.17) is 9.72 Å². The molecule has 4 rings (SSSR count). The monoisotopic (exact) mass is 378 g/mol. The van der Waals surface area contributed by atoms with Crippen LogP contribution in [0.25, 0.3) is 5.65 Å². The SMILES string of the molecule is O=S(=O)=CN1CCN(Cc2cn3ccnc(N4CCOCC4)c3n2)CC1. The first-order valence-electron chi connectivity index (χ1n) is 8.74. The van der Waals surface area contributed by atoms with Gasteiger partial charge in [0.2, 0.25) is 10.3 Å². The lowest BCUT2D eigenvalue weighted by Crippen LogP contribution is -2.45. The lowest BCUT2D eigenvalue weighted by molar-refractivity contribution is 0.122. The van der Waals surface area contributed by atoms with Gasteiger partial charge in [-0.1, -0.05) is 0 Å². The Bertz CT molecular complexity index is 890. The van der Waals surface area contributed by atoms with Crippen molar-refractivity contribution < 1.29 is 13.2 Å². The van der Waals surface area contributed by atoms with E-state index >= 15 is 0 Å². The number of anilines is 1. The van der Waals surface area contributed by atoms with Crippen LogP contribution in [0.2, 0.25) is 0 Å². The number of nitrogens with zero attached hydrogens (tertiary/aromatic N) is 6. The van der Waals surface area contributed by atoms with Gasteiger partial charge in [-0.3, -0.25) is 9.80 Å². The third-order valence-electron chi connectivity index (χ3n) is 4.74. The maximum Gasteiger partial charge on any atom is 0.225 e. The van der Waals surface area contributed by atoms with Crippen molar-refractivity contribution in [2.24, 2.45) is 0 Å². The lowest BCUT2D eigenvalue weighted by Gasteiger charge is -2.31. The van der Waals surface area contributed by atoms with E-state index in [1.54, 1.807) is 6.20 Å². The van der Waals surface area contributed by atoms with Crippen LogP contribution in [0.5, 0.6) is 0 Å². The number of hydrogen-bond acceptors (Lipinski definition) is 7. The third-order valence-corrected chi connectivity index (χ3v) is 5.21. The second-order valence-electron chi connectivity index (χ2n) is 6.49. The van der Waals surface area contributed by atoms with Crippen LogP contribution in [0, 0.1) is 0 Å². The predicted octanol–water partition coefficient (Wildman–Crippen LogP) is -0.678. The van der Waals surface area contributed by atoms with E-state index in [9.17, 15) is 8.42 Å². The maximum absolute atomic E-state index is 10.8. The molecule has 2 aliphatic heterocycles. The van der Waals surface area contributed by atoms with Crippen molar-refractivity contribution in [1.82, 2.24) is 24.2 Å². The number of piperazine rings is 1. The van der Waals surface area contributed by atoms with Gasteiger partial charge in [-0.05, 0) is 0 Å². The number of hydrogen-bond donors (Lipinski definition) is 0. The Morgan fingerprint density at radius 2 is 1.88 bits per heavy atom. The van der Waals surface area contributed by atoms with Gasteiger partial charge in [0.25, 0.3) is 0 Å². The summed E-state index contributed by atoms with van der Waals surface area (Å²) in [5.41, 5.74) is 3.14. The van der Waals surface area contributed by atoms with E-state index in [1.807, 2.05) is 21.7 Å². The van der Waals surface area contributed by atoms with Gasteiger partial charge in [-0.25, -0.2) is 9.97 Å². The summed E-state index contributed by atoms with van der Waals surface area (Å²) in [5.74, 6) is 0.902. The Morgan fingerprint density at radius 3 is 2.62 bits per heavy atom. The van der Waals surface area contributed by atoms with Crippen LogP contribution in [0.1, 0.15) is 5.69 Å². The summed E-state index contributed by atoms with van der Waals surface area (Å²) in [6.45, 7) is 6.88. The average Bonchev–Trinajstić information content (AvgIpc) is 3.06. The number of rotatable bonds is 4. The Labute approximate surface area is 153 Å². The van der Waals surface area contributed by atoms with Gasteiger partial charge in [-0.15, -0.1) is 0 Å². The second-order valence-corrected chi connectivity index (χ2v) is 7.22. The van der Waals surface area contributed by atoms with Crippen LogP contribution in [-0.4, -0.2) is 90.6 Å². The molecule has 2 aromatic heterocycles. The van der Waals surface area contributed by atoms with E-state index in [0.29, 0.717) is 26.3 Å². The molecule has 26 heavy (non-hydrogen) atoms. The molecule has 0 radical (unpaired) electrons. The summed E-state index contributed by atoms with van der Waals surface area (Å²) in [5, 5.41) is 0. The minimum atomic E-state index is -2.13. The van der Waals surface area contributed by atoms with Crippen LogP contribution in [0.15, 0.2) is 18.6 Å². The molecule has 0 aliphatic carbocycles. The zero-order chi connectivity index (χ0) is 17.9. The van der Waals surface area contributed by atoms with E-state index < -0.39 is 10.3 Å². The van der Waals surface area contributed by atoms with Gasteiger partial charge >= 0.3 is 0 Å². The van der Waals surface area contributed by atoms with Gasteiger partial charge < -0.3 is 14.0 Å². The number of aromatic nitrogens is 3. The first-order chi connectivity index (χ1) is 12.7. The maximum atomic E-state index is 10.8. The van der Waals surface area contributed by atoms with Crippen molar-refractivity contribution in [3.63, 3.8) is 0 Å². The minimum Gasteiger partial charge on any atom is -0.378 e. The lowest BCUT2D eigenvalue weighted by atomic mass is 10.3. The van der Waals surface area contributed by atoms with Crippen LogP contribution >= 0.6 is 0 Å². The van der Waals surface area contributed by atoms with Gasteiger partial charge in [0.1, 0.15) is 5.49 Å². The first kappa shape index (κ1) is 17.4. The third kappa shape index (κ3) is 3.88. The molecule has 2 aromatic rings. The molecule has 2 aliphatic rings. The van der Waals surface area contributed by atoms with Gasteiger partial charge in [0.05, 0.1) is 18.9 Å². The van der Waals surface area contributed by atoms with Crippen molar-refractivity contribution in [2.45, 2.75) is 6.54 Å². The molecule has 0 saturated carbocycles. The summed E-state index contributed by atoms with van der Waals surface area (Å²) in [6.07, 6.45) is 5.78. The van der Waals surface area contributed by atoms with E-state index in [0.717, 1.165) is 49.9 Å². The normalized spacial score (nSPS) is 19.8. The summed E-state index contributed by atoms with van der Waals surface area (Å²) < 4.78 is 29.0. The highest BCUT2D eigenvalue weighted by Crippen LogP contribution is 2.20. The molecule has 140 valence electrons. The van der Waals surface area contributed by atoms with Crippen molar-refractivity contribution in [3.8, 4) is 0 Å². The molecule has 0 aromatic carbocycles. The molecule has 0 atom stereocenters. The molecular weight excluding hydrogens is 356 g/mol. The molecule has 2 saturated heterocycles. The highest BCUT2D eigenvalue weighted by molar-refractivity contribution is 7.71. The van der Waals surface area contributed by atoms with Crippen LogP contribution in [0.4, 0.5) is 5.82 Å². The predicted molar refractivity (Wildman–Crippen MR) is 97.9 cm³/mol. The molecule has 2 fully saturated rings. The zero-order valence-corrected chi connectivity index (χ0v) is 15.3. The molecule has 0 bridgehead atoms. The molecule has 0 N–H and O–H groups in total. The number of morpholine rings is 1. The van der Waals surface area contributed by atoms with Crippen molar-refractivity contribution in [3.05, 3.63) is 24.3 Å². The van der Waals surface area contributed by atoms with Crippen molar-refractivity contribution in [2.75, 3.05) is 57.4 Å². The average molecular weight is 378 g/mol. The van der Waals surface area contributed by atoms with Gasteiger partial charge in [-0.2, -0.15) is 8.42 Å². The van der Waals surface area contributed by atoms with Crippen molar-refractivity contribution >= 4 is 27.2 Å². The van der Waals surface area contributed by atoms with Gasteiger partial charge in [0.15, 0.2) is 11.5 Å². The zero-order valence-electron chi connectivity index (χ0n) is 14.5. The van der Waals surface area contributed by atoms with E-state index in [1.165, 1.54) is 5.49 Å². The quantitative estimate of drug-likeness (QED) is 0.648. The summed E-state index contributed by atoms with van der Waals surface area (Å²) in [4.78, 5) is 15.7. The second kappa shape index (κ2) is 7.70. The number of ether oxygens (including phenoxy) is 1. The standard InChI is InChI=1S/C16H22N6O3S/c23-26(24)13-20-5-3-19(4-6-20)11-14-12-22-2-1-17-15(16(22)18-14)21-7-9-25-10-8-21/h1-2,12-13H,3-11H2. The summed E-state index contributed by atoms with van der Waals surface area (Å²) in [6, 6.07) is 0. The molecule has 0 amide bonds. The molecule has 0 spiro atoms. The Balaban J connectivity index is 1.47. The topological polar surface area (TPSA) is 83.3 Å². The largest absolute Gasteiger partial charge is 0.378 e. The van der Waals surface area contributed by atoms with Crippen LogP contribution in [-0.2, 0) is 21.6 Å². The number of fused-ring (bicyclic) bond motifs is 1. The number of imidazole rings is 1. The van der Waals surface area contributed by atoms with Gasteiger partial charge in [0, 0.05) is 64.4 Å². The highest BCUT2D eigenvalue weighted by Gasteiger charge is 2.20. The molecule has 10 heteroatoms. The van der Waals surface area contributed by atoms with E-state index in [-0.39, 0.29) is 0 Å². The Kier molecular flexibility index (Phi) is 5.16. The fraction of sp³-hybridized carbons (Fsp3) is 0.562. The summed E-state index contributed by atoms with van der Waals surface area (Å²) in [7, 11) is -2.13. The summed E-state index contributed by atoms with van der Waals surface area (Å²) >= 11 is 0. The highest BCUT2D eigenvalue weighted by atomic mass is 32.2. The smallest absolute Gasteiger partial charge is 0.225 e. The first-order valence-corrected chi connectivity index (χ1v) is 9.87. The fourth-order valence-electron chi connectivity index (χ4n) is 3.41. The molecule has 0 unspecified atom stereocenters. The van der Waals surface area contributed by atoms with E-state index in [2.05, 4.69) is 14.8 Å².